The molecular formula is C18H28N6OS. The number of nitrogens with zero attached hydrogens (tertiary/aromatic N) is 5. The molecule has 0 saturated carbocycles. The predicted octanol–water partition coefficient (Wildman–Crippen LogP) is 2.32. The van der Waals surface area contributed by atoms with Crippen molar-refractivity contribution in [3.8, 4) is 0 Å². The number of thiazole rings is 1. The number of hydrogen-bond donors (Lipinski definition) is 1. The third-order valence-corrected chi connectivity index (χ3v) is 5.61. The molecule has 7 nitrogen and oxygen atoms in total. The lowest BCUT2D eigenvalue weighted by Crippen LogP contribution is -2.47. The van der Waals surface area contributed by atoms with Crippen LogP contribution in [0.25, 0.3) is 0 Å². The fraction of sp³-hybridized carbons (Fsp3) is 0.611. The van der Waals surface area contributed by atoms with E-state index in [0.717, 1.165) is 35.3 Å². The Labute approximate surface area is 159 Å². The molecule has 1 aliphatic rings. The molecule has 1 saturated heterocycles. The maximum absolute atomic E-state index is 5.92. The van der Waals surface area contributed by atoms with Crippen LogP contribution in [0.15, 0.2) is 22.8 Å². The molecule has 2 aromatic rings. The first-order chi connectivity index (χ1) is 12.4. The summed E-state index contributed by atoms with van der Waals surface area (Å²) in [6.07, 6.45) is 3.89. The highest BCUT2D eigenvalue weighted by Crippen LogP contribution is 2.25. The summed E-state index contributed by atoms with van der Waals surface area (Å²) in [5.74, 6) is 0.882. The quantitative estimate of drug-likeness (QED) is 0.658. The molecule has 0 bridgehead atoms. The molecule has 1 unspecified atom stereocenters. The van der Waals surface area contributed by atoms with Gasteiger partial charge >= 0.3 is 0 Å². The molecular weight excluding hydrogens is 348 g/mol. The molecule has 1 fully saturated rings. The second kappa shape index (κ2) is 7.75. The third kappa shape index (κ3) is 4.42. The van der Waals surface area contributed by atoms with E-state index in [2.05, 4.69) is 46.5 Å². The minimum absolute atomic E-state index is 0.0164. The van der Waals surface area contributed by atoms with E-state index >= 15 is 0 Å². The van der Waals surface area contributed by atoms with Gasteiger partial charge in [0.15, 0.2) is 5.96 Å². The summed E-state index contributed by atoms with van der Waals surface area (Å²) in [7, 11) is 3.74. The van der Waals surface area contributed by atoms with E-state index in [0.29, 0.717) is 13.2 Å². The molecule has 0 amide bonds. The van der Waals surface area contributed by atoms with Gasteiger partial charge in [0.25, 0.3) is 0 Å². The molecule has 0 aliphatic carbocycles. The predicted molar refractivity (Wildman–Crippen MR) is 104 cm³/mol. The molecule has 142 valence electrons. The van der Waals surface area contributed by atoms with Crippen molar-refractivity contribution in [2.24, 2.45) is 12.0 Å². The van der Waals surface area contributed by atoms with Crippen LogP contribution in [0.4, 0.5) is 0 Å². The molecule has 0 radical (unpaired) electrons. The van der Waals surface area contributed by atoms with Crippen LogP contribution in [0.3, 0.4) is 0 Å². The van der Waals surface area contributed by atoms with Crippen molar-refractivity contribution in [2.75, 3.05) is 26.7 Å². The van der Waals surface area contributed by atoms with Gasteiger partial charge in [0, 0.05) is 43.2 Å². The van der Waals surface area contributed by atoms with Gasteiger partial charge in [-0.25, -0.2) is 4.98 Å². The number of aromatic nitrogens is 3. The molecule has 3 heterocycles. The lowest BCUT2D eigenvalue weighted by molar-refractivity contribution is -0.00805. The Kier molecular flexibility index (Phi) is 5.62. The Morgan fingerprint density at radius 1 is 1.46 bits per heavy atom. The SMILES string of the molecule is CN=C(NCc1csc(C(C)(C)C)n1)N1CCOC(c2cnn(C)c2)C1. The number of aryl methyl sites for hydroxylation is 1. The van der Waals surface area contributed by atoms with Gasteiger partial charge in [-0.2, -0.15) is 5.10 Å². The number of guanidine groups is 1. The Morgan fingerprint density at radius 3 is 2.88 bits per heavy atom. The van der Waals surface area contributed by atoms with Crippen LogP contribution in [0, 0.1) is 0 Å². The van der Waals surface area contributed by atoms with Gasteiger partial charge in [-0.15, -0.1) is 11.3 Å². The minimum atomic E-state index is 0.0164. The molecule has 0 spiro atoms. The van der Waals surface area contributed by atoms with Gasteiger partial charge in [0.2, 0.25) is 0 Å². The van der Waals surface area contributed by atoms with Gasteiger partial charge in [-0.1, -0.05) is 20.8 Å². The minimum Gasteiger partial charge on any atom is -0.370 e. The molecule has 1 N–H and O–H groups in total. The van der Waals surface area contributed by atoms with E-state index in [1.807, 2.05) is 26.5 Å². The van der Waals surface area contributed by atoms with Crippen LogP contribution in [0.1, 0.15) is 43.1 Å². The van der Waals surface area contributed by atoms with Crippen LogP contribution < -0.4 is 5.32 Å². The Bertz CT molecular complexity index is 760. The number of ether oxygens (including phenoxy) is 1. The summed E-state index contributed by atoms with van der Waals surface area (Å²) in [6, 6.07) is 0. The summed E-state index contributed by atoms with van der Waals surface area (Å²) in [4.78, 5) is 11.4. The van der Waals surface area contributed by atoms with E-state index in [4.69, 9.17) is 9.72 Å². The van der Waals surface area contributed by atoms with Gasteiger partial charge in [-0.3, -0.25) is 9.67 Å². The van der Waals surface area contributed by atoms with E-state index < -0.39 is 0 Å². The Hall–Kier alpha value is -1.93. The third-order valence-electron chi connectivity index (χ3n) is 4.30. The highest BCUT2D eigenvalue weighted by atomic mass is 32.1. The largest absolute Gasteiger partial charge is 0.370 e. The lowest BCUT2D eigenvalue weighted by atomic mass is 9.98. The molecule has 1 aliphatic heterocycles. The van der Waals surface area contributed by atoms with Crippen LogP contribution in [0.2, 0.25) is 0 Å². The zero-order valence-electron chi connectivity index (χ0n) is 16.2. The van der Waals surface area contributed by atoms with Crippen molar-refractivity contribution in [1.29, 1.82) is 0 Å². The van der Waals surface area contributed by atoms with Gasteiger partial charge in [0.1, 0.15) is 6.10 Å². The van der Waals surface area contributed by atoms with Crippen LogP contribution in [0.5, 0.6) is 0 Å². The number of morpholine rings is 1. The number of rotatable bonds is 3. The zero-order valence-corrected chi connectivity index (χ0v) is 17.0. The van der Waals surface area contributed by atoms with E-state index in [1.165, 1.54) is 0 Å². The first-order valence-electron chi connectivity index (χ1n) is 8.87. The normalized spacial score (nSPS) is 19.0. The maximum Gasteiger partial charge on any atom is 0.194 e. The van der Waals surface area contributed by atoms with Crippen molar-refractivity contribution in [3.05, 3.63) is 34.0 Å². The van der Waals surface area contributed by atoms with Crippen molar-refractivity contribution in [2.45, 2.75) is 38.8 Å². The van der Waals surface area contributed by atoms with Crippen molar-refractivity contribution >= 4 is 17.3 Å². The fourth-order valence-electron chi connectivity index (χ4n) is 2.88. The Balaban J connectivity index is 1.61. The maximum atomic E-state index is 5.92. The number of nitrogens with one attached hydrogen (secondary N) is 1. The van der Waals surface area contributed by atoms with Gasteiger partial charge in [-0.05, 0) is 0 Å². The average Bonchev–Trinajstić information content (AvgIpc) is 3.24. The summed E-state index contributed by atoms with van der Waals surface area (Å²) in [5.41, 5.74) is 2.24. The van der Waals surface area contributed by atoms with E-state index in [9.17, 15) is 0 Å². The zero-order chi connectivity index (χ0) is 18.7. The standard InChI is InChI=1S/C18H28N6OS/c1-18(2,3)16-22-14(12-26-16)9-20-17(19-4)24-6-7-25-15(11-24)13-8-21-23(5)10-13/h8,10,12,15H,6-7,9,11H2,1-5H3,(H,19,20). The summed E-state index contributed by atoms with van der Waals surface area (Å²) < 4.78 is 7.72. The topological polar surface area (TPSA) is 67.6 Å². The molecule has 3 rings (SSSR count). The van der Waals surface area contributed by atoms with E-state index in [-0.39, 0.29) is 11.5 Å². The van der Waals surface area contributed by atoms with Crippen LogP contribution in [-0.2, 0) is 23.7 Å². The molecule has 8 heteroatoms. The highest BCUT2D eigenvalue weighted by molar-refractivity contribution is 7.09. The Morgan fingerprint density at radius 2 is 2.27 bits per heavy atom. The first kappa shape index (κ1) is 18.8. The summed E-state index contributed by atoms with van der Waals surface area (Å²) in [6.45, 7) is 9.49. The first-order valence-corrected chi connectivity index (χ1v) is 9.75. The average molecular weight is 377 g/mol. The van der Waals surface area contributed by atoms with Crippen LogP contribution >= 0.6 is 11.3 Å². The smallest absolute Gasteiger partial charge is 0.194 e. The fourth-order valence-corrected chi connectivity index (χ4v) is 3.79. The summed E-state index contributed by atoms with van der Waals surface area (Å²) in [5, 5.41) is 11.0. The molecule has 1 atom stereocenters. The lowest BCUT2D eigenvalue weighted by Gasteiger charge is -2.34. The van der Waals surface area contributed by atoms with E-state index in [1.54, 1.807) is 16.0 Å². The highest BCUT2D eigenvalue weighted by Gasteiger charge is 2.25. The van der Waals surface area contributed by atoms with Gasteiger partial charge < -0.3 is 15.0 Å². The second-order valence-electron chi connectivity index (χ2n) is 7.55. The number of aliphatic imine (C=N–C) groups is 1. The van der Waals surface area contributed by atoms with Crippen molar-refractivity contribution in [3.63, 3.8) is 0 Å². The number of hydrogen-bond acceptors (Lipinski definition) is 5. The van der Waals surface area contributed by atoms with Crippen LogP contribution in [-0.4, -0.2) is 52.4 Å². The van der Waals surface area contributed by atoms with Crippen molar-refractivity contribution in [1.82, 2.24) is 25.0 Å². The molecule has 0 aromatic carbocycles. The molecule has 26 heavy (non-hydrogen) atoms. The second-order valence-corrected chi connectivity index (χ2v) is 8.41. The summed E-state index contributed by atoms with van der Waals surface area (Å²) >= 11 is 1.72. The monoisotopic (exact) mass is 376 g/mol. The molecule has 2 aromatic heterocycles. The van der Waals surface area contributed by atoms with Gasteiger partial charge in [0.05, 0.1) is 36.6 Å². The van der Waals surface area contributed by atoms with Crippen molar-refractivity contribution < 1.29 is 4.74 Å².